The number of ether oxygens (including phenoxy) is 2. The summed E-state index contributed by atoms with van der Waals surface area (Å²) in [6, 6.07) is 16.1. The van der Waals surface area contributed by atoms with Gasteiger partial charge >= 0.3 is 12.1 Å². The topological polar surface area (TPSA) is 114 Å². The second-order valence-corrected chi connectivity index (χ2v) is 8.80. The molecule has 2 atom stereocenters. The maximum Gasteiger partial charge on any atom is 0.408 e. The lowest BCUT2D eigenvalue weighted by atomic mass is 9.98. The van der Waals surface area contributed by atoms with Gasteiger partial charge in [0.1, 0.15) is 12.1 Å². The highest BCUT2D eigenvalue weighted by Crippen LogP contribution is 2.44. The molecule has 8 nitrogen and oxygen atoms in total. The molecule has 1 aliphatic rings. The van der Waals surface area contributed by atoms with Crippen LogP contribution in [0.15, 0.2) is 48.5 Å². The molecule has 2 aromatic rings. The van der Waals surface area contributed by atoms with E-state index in [9.17, 15) is 14.4 Å². The van der Waals surface area contributed by atoms with E-state index in [0.717, 1.165) is 22.3 Å². The predicted molar refractivity (Wildman–Crippen MR) is 128 cm³/mol. The van der Waals surface area contributed by atoms with E-state index < -0.39 is 23.5 Å². The summed E-state index contributed by atoms with van der Waals surface area (Å²) in [6.45, 7) is 3.65. The van der Waals surface area contributed by atoms with Crippen LogP contribution in [0.5, 0.6) is 0 Å². The first-order chi connectivity index (χ1) is 16.3. The highest BCUT2D eigenvalue weighted by Gasteiger charge is 2.37. The lowest BCUT2D eigenvalue weighted by molar-refractivity contribution is -0.138. The standard InChI is InChI=1S/C26H32N2O6/c1-4-17(13-23(29)30)14-27-24(31)26(2,16-33-3)28-25(32)34-15-22-20-11-7-5-9-18(20)19-10-6-8-12-21(19)22/h5-12,17,22H,4,13-16H2,1-3H3,(H,27,31)(H,28,32)(H,29,30). The van der Waals surface area contributed by atoms with Gasteiger partial charge < -0.3 is 25.2 Å². The third-order valence-corrected chi connectivity index (χ3v) is 6.25. The van der Waals surface area contributed by atoms with E-state index >= 15 is 0 Å². The molecular formula is C26H32N2O6. The van der Waals surface area contributed by atoms with Gasteiger partial charge in [0.25, 0.3) is 0 Å². The fraction of sp³-hybridized carbons (Fsp3) is 0.423. The van der Waals surface area contributed by atoms with Crippen LogP contribution in [-0.4, -0.2) is 55.5 Å². The minimum Gasteiger partial charge on any atom is -0.481 e. The Bertz CT molecular complexity index is 994. The molecule has 0 saturated carbocycles. The third kappa shape index (κ3) is 5.75. The smallest absolute Gasteiger partial charge is 0.408 e. The molecule has 34 heavy (non-hydrogen) atoms. The summed E-state index contributed by atoms with van der Waals surface area (Å²) in [5.41, 5.74) is 3.07. The van der Waals surface area contributed by atoms with Crippen molar-refractivity contribution in [1.82, 2.24) is 10.6 Å². The van der Waals surface area contributed by atoms with Gasteiger partial charge in [-0.25, -0.2) is 4.79 Å². The first-order valence-electron chi connectivity index (χ1n) is 11.4. The Morgan fingerprint density at radius 3 is 2.18 bits per heavy atom. The first kappa shape index (κ1) is 25.2. The zero-order valence-electron chi connectivity index (χ0n) is 19.8. The monoisotopic (exact) mass is 468 g/mol. The Kier molecular flexibility index (Phi) is 8.28. The van der Waals surface area contributed by atoms with E-state index in [0.29, 0.717) is 6.42 Å². The van der Waals surface area contributed by atoms with Crippen LogP contribution in [0.4, 0.5) is 4.79 Å². The SMILES string of the molecule is CCC(CNC(=O)C(C)(COC)NC(=O)OCC1c2ccccc2-c2ccccc21)CC(=O)O. The maximum atomic E-state index is 12.9. The molecule has 2 unspecified atom stereocenters. The van der Waals surface area contributed by atoms with Gasteiger partial charge in [-0.2, -0.15) is 0 Å². The van der Waals surface area contributed by atoms with Gasteiger partial charge in [0.2, 0.25) is 5.91 Å². The van der Waals surface area contributed by atoms with Crippen LogP contribution >= 0.6 is 0 Å². The van der Waals surface area contributed by atoms with Crippen molar-refractivity contribution in [2.24, 2.45) is 5.92 Å². The average Bonchev–Trinajstić information content (AvgIpc) is 3.13. The zero-order chi connectivity index (χ0) is 24.7. The number of hydrogen-bond donors (Lipinski definition) is 3. The van der Waals surface area contributed by atoms with Gasteiger partial charge in [0.05, 0.1) is 6.61 Å². The molecule has 2 amide bonds. The molecule has 0 aliphatic heterocycles. The number of rotatable bonds is 11. The normalized spacial score (nSPS) is 14.9. The fourth-order valence-electron chi connectivity index (χ4n) is 4.35. The summed E-state index contributed by atoms with van der Waals surface area (Å²) in [4.78, 5) is 36.6. The maximum absolute atomic E-state index is 12.9. The molecule has 0 radical (unpaired) electrons. The molecule has 0 spiro atoms. The van der Waals surface area contributed by atoms with E-state index in [1.807, 2.05) is 43.3 Å². The highest BCUT2D eigenvalue weighted by atomic mass is 16.5. The number of hydrogen-bond acceptors (Lipinski definition) is 5. The number of carboxylic acid groups (broad SMARTS) is 1. The number of aliphatic carboxylic acids is 1. The molecule has 0 bridgehead atoms. The number of carbonyl (C=O) groups excluding carboxylic acids is 2. The minimum atomic E-state index is -1.38. The lowest BCUT2D eigenvalue weighted by Gasteiger charge is -2.29. The van der Waals surface area contributed by atoms with Crippen LogP contribution in [0.1, 0.15) is 43.7 Å². The Labute approximate surface area is 199 Å². The molecule has 0 fully saturated rings. The Morgan fingerprint density at radius 1 is 1.06 bits per heavy atom. The second kappa shape index (κ2) is 11.2. The van der Waals surface area contributed by atoms with E-state index in [-0.39, 0.29) is 38.0 Å². The van der Waals surface area contributed by atoms with Crippen molar-refractivity contribution < 1.29 is 29.0 Å². The lowest BCUT2D eigenvalue weighted by Crippen LogP contribution is -2.60. The summed E-state index contributed by atoms with van der Waals surface area (Å²) in [5.74, 6) is -1.69. The molecule has 2 aromatic carbocycles. The van der Waals surface area contributed by atoms with Crippen molar-refractivity contribution in [3.05, 3.63) is 59.7 Å². The molecule has 3 rings (SSSR count). The van der Waals surface area contributed by atoms with E-state index in [1.54, 1.807) is 6.92 Å². The molecule has 0 heterocycles. The highest BCUT2D eigenvalue weighted by molar-refractivity contribution is 5.90. The third-order valence-electron chi connectivity index (χ3n) is 6.25. The number of nitrogens with one attached hydrogen (secondary N) is 2. The number of amides is 2. The van der Waals surface area contributed by atoms with Gasteiger partial charge in [0.15, 0.2) is 0 Å². The van der Waals surface area contributed by atoms with Crippen molar-refractivity contribution in [2.75, 3.05) is 26.9 Å². The van der Waals surface area contributed by atoms with Crippen LogP contribution in [0, 0.1) is 5.92 Å². The molecule has 8 heteroatoms. The quantitative estimate of drug-likeness (QED) is 0.465. The minimum absolute atomic E-state index is 0.0441. The van der Waals surface area contributed by atoms with E-state index in [4.69, 9.17) is 14.6 Å². The largest absolute Gasteiger partial charge is 0.481 e. The number of carboxylic acids is 1. The summed E-state index contributed by atoms with van der Waals surface area (Å²) in [6.07, 6.45) is -0.167. The van der Waals surface area contributed by atoms with E-state index in [1.165, 1.54) is 7.11 Å². The molecule has 0 aromatic heterocycles. The number of carbonyl (C=O) groups is 3. The van der Waals surface area contributed by atoms with Crippen molar-refractivity contribution >= 4 is 18.0 Å². The van der Waals surface area contributed by atoms with Gasteiger partial charge in [0, 0.05) is 26.0 Å². The zero-order valence-corrected chi connectivity index (χ0v) is 19.8. The number of methoxy groups -OCH3 is 1. The number of benzene rings is 2. The summed E-state index contributed by atoms with van der Waals surface area (Å²) >= 11 is 0. The molecule has 1 aliphatic carbocycles. The summed E-state index contributed by atoms with van der Waals surface area (Å²) in [5, 5.41) is 14.4. The van der Waals surface area contributed by atoms with Crippen molar-refractivity contribution in [1.29, 1.82) is 0 Å². The first-order valence-corrected chi connectivity index (χ1v) is 11.4. The van der Waals surface area contributed by atoms with Crippen molar-refractivity contribution in [2.45, 2.75) is 38.1 Å². The van der Waals surface area contributed by atoms with Crippen LogP contribution in [-0.2, 0) is 19.1 Å². The second-order valence-electron chi connectivity index (χ2n) is 8.80. The van der Waals surface area contributed by atoms with Crippen molar-refractivity contribution in [3.63, 3.8) is 0 Å². The Morgan fingerprint density at radius 2 is 1.65 bits per heavy atom. The van der Waals surface area contributed by atoms with E-state index in [2.05, 4.69) is 22.8 Å². The van der Waals surface area contributed by atoms with Gasteiger partial charge in [-0.3, -0.25) is 9.59 Å². The Hall–Kier alpha value is -3.39. The van der Waals surface area contributed by atoms with Crippen LogP contribution in [0.25, 0.3) is 11.1 Å². The van der Waals surface area contributed by atoms with Gasteiger partial charge in [-0.1, -0.05) is 61.9 Å². The van der Waals surface area contributed by atoms with Crippen LogP contribution < -0.4 is 10.6 Å². The Balaban J connectivity index is 1.64. The van der Waals surface area contributed by atoms with Gasteiger partial charge in [-0.15, -0.1) is 0 Å². The molecule has 3 N–H and O–H groups in total. The fourth-order valence-corrected chi connectivity index (χ4v) is 4.35. The molecular weight excluding hydrogens is 436 g/mol. The predicted octanol–water partition coefficient (Wildman–Crippen LogP) is 3.55. The average molecular weight is 469 g/mol. The number of fused-ring (bicyclic) bond motifs is 3. The van der Waals surface area contributed by atoms with Crippen molar-refractivity contribution in [3.8, 4) is 11.1 Å². The van der Waals surface area contributed by atoms with Gasteiger partial charge in [-0.05, 0) is 35.1 Å². The summed E-state index contributed by atoms with van der Waals surface area (Å²) < 4.78 is 10.7. The molecule has 182 valence electrons. The number of alkyl carbamates (subject to hydrolysis) is 1. The molecule has 0 saturated heterocycles. The van der Waals surface area contributed by atoms with Crippen LogP contribution in [0.2, 0.25) is 0 Å². The van der Waals surface area contributed by atoms with Crippen LogP contribution in [0.3, 0.4) is 0 Å². The summed E-state index contributed by atoms with van der Waals surface area (Å²) in [7, 11) is 1.43.